The molecule has 10 heteroatoms. The maximum atomic E-state index is 13.4. The molecule has 0 spiro atoms. The molecule has 0 saturated heterocycles. The molecule has 3 N–H and O–H groups in total. The fraction of sp³-hybridized carbons (Fsp3) is 0.121. The van der Waals surface area contributed by atoms with E-state index in [1.165, 1.54) is 49.2 Å². The van der Waals surface area contributed by atoms with Crippen LogP contribution in [0.3, 0.4) is 0 Å². The van der Waals surface area contributed by atoms with Gasteiger partial charge in [0.1, 0.15) is 17.3 Å². The highest BCUT2D eigenvalue weighted by atomic mass is 35.5. The molecule has 3 amide bonds. The SMILES string of the molecule is COc1cc(Cl)c(C)cc1NC(=O)C(C)Sc1cccc(NC(=O)/C(=C/c2ccc(F)cc2)NC(=O)c2ccccc2)c1. The van der Waals surface area contributed by atoms with Gasteiger partial charge in [0.2, 0.25) is 5.91 Å². The third kappa shape index (κ3) is 8.70. The predicted molar refractivity (Wildman–Crippen MR) is 170 cm³/mol. The molecule has 0 bridgehead atoms. The summed E-state index contributed by atoms with van der Waals surface area (Å²) in [5.74, 6) is -1.26. The minimum Gasteiger partial charge on any atom is -0.495 e. The summed E-state index contributed by atoms with van der Waals surface area (Å²) >= 11 is 7.48. The Morgan fingerprint density at radius 2 is 1.65 bits per heavy atom. The van der Waals surface area contributed by atoms with Crippen LogP contribution in [0, 0.1) is 12.7 Å². The van der Waals surface area contributed by atoms with E-state index in [0.29, 0.717) is 33.3 Å². The highest BCUT2D eigenvalue weighted by Gasteiger charge is 2.19. The average molecular weight is 618 g/mol. The molecular weight excluding hydrogens is 589 g/mol. The molecule has 0 fully saturated rings. The number of rotatable bonds is 10. The number of halogens is 2. The fourth-order valence-electron chi connectivity index (χ4n) is 3.94. The Morgan fingerprint density at radius 1 is 0.930 bits per heavy atom. The molecule has 0 aliphatic rings. The number of hydrogen-bond acceptors (Lipinski definition) is 5. The van der Waals surface area contributed by atoms with Crippen LogP contribution in [0.5, 0.6) is 5.75 Å². The molecule has 0 heterocycles. The van der Waals surface area contributed by atoms with E-state index in [1.54, 1.807) is 67.6 Å². The van der Waals surface area contributed by atoms with Crippen LogP contribution < -0.4 is 20.7 Å². The summed E-state index contributed by atoms with van der Waals surface area (Å²) in [6.07, 6.45) is 1.47. The maximum Gasteiger partial charge on any atom is 0.272 e. The van der Waals surface area contributed by atoms with Crippen LogP contribution in [0.1, 0.15) is 28.4 Å². The summed E-state index contributed by atoms with van der Waals surface area (Å²) in [6, 6.07) is 24.4. The molecule has 1 unspecified atom stereocenters. The Balaban J connectivity index is 1.48. The van der Waals surface area contributed by atoms with E-state index in [4.69, 9.17) is 16.3 Å². The Morgan fingerprint density at radius 3 is 2.35 bits per heavy atom. The van der Waals surface area contributed by atoms with Gasteiger partial charge in [0.05, 0.1) is 18.0 Å². The van der Waals surface area contributed by atoms with Crippen molar-refractivity contribution in [1.29, 1.82) is 0 Å². The van der Waals surface area contributed by atoms with Crippen LogP contribution in [-0.4, -0.2) is 30.1 Å². The zero-order valence-corrected chi connectivity index (χ0v) is 25.2. The minimum absolute atomic E-state index is 0.0292. The summed E-state index contributed by atoms with van der Waals surface area (Å²) in [4.78, 5) is 39.9. The lowest BCUT2D eigenvalue weighted by Crippen LogP contribution is -2.30. The second kappa shape index (κ2) is 14.5. The van der Waals surface area contributed by atoms with Crippen LogP contribution in [0.15, 0.2) is 102 Å². The first kappa shape index (κ1) is 31.3. The zero-order valence-electron chi connectivity index (χ0n) is 23.6. The monoisotopic (exact) mass is 617 g/mol. The molecule has 4 aromatic carbocycles. The van der Waals surface area contributed by atoms with Crippen molar-refractivity contribution in [3.8, 4) is 5.75 Å². The van der Waals surface area contributed by atoms with Crippen LogP contribution in [0.4, 0.5) is 15.8 Å². The number of anilines is 2. The normalized spacial score (nSPS) is 11.8. The predicted octanol–water partition coefficient (Wildman–Crippen LogP) is 7.33. The molecular formula is C33H29ClFN3O4S. The van der Waals surface area contributed by atoms with Crippen LogP contribution in [0.2, 0.25) is 5.02 Å². The molecule has 0 radical (unpaired) electrons. The minimum atomic E-state index is -0.577. The number of carbonyl (C=O) groups is 3. The Kier molecular flexibility index (Phi) is 10.6. The lowest BCUT2D eigenvalue weighted by atomic mass is 10.1. The summed E-state index contributed by atoms with van der Waals surface area (Å²) < 4.78 is 18.8. The molecule has 1 atom stereocenters. The Labute approximate surface area is 258 Å². The number of ether oxygens (including phenoxy) is 1. The molecule has 220 valence electrons. The van der Waals surface area contributed by atoms with Crippen LogP contribution in [-0.2, 0) is 9.59 Å². The standard InChI is InChI=1S/C33H29ClFN3O4S/c1-20-16-28(30(42-3)19-27(20)34)37-31(39)21(2)43-26-11-7-10-25(18-26)36-33(41)29(17-22-12-14-24(35)15-13-22)38-32(40)23-8-5-4-6-9-23/h4-19,21H,1-3H3,(H,36,41)(H,37,39)(H,38,40)/b29-17-. The first-order chi connectivity index (χ1) is 20.6. The number of hydrogen-bond donors (Lipinski definition) is 3. The molecule has 0 saturated carbocycles. The van der Waals surface area contributed by atoms with E-state index in [2.05, 4.69) is 16.0 Å². The van der Waals surface area contributed by atoms with E-state index < -0.39 is 22.9 Å². The molecule has 4 rings (SSSR count). The van der Waals surface area contributed by atoms with Gasteiger partial charge in [0.25, 0.3) is 11.8 Å². The molecule has 0 aromatic heterocycles. The number of aryl methyl sites for hydroxylation is 1. The van der Waals surface area contributed by atoms with Crippen molar-refractivity contribution in [1.82, 2.24) is 5.32 Å². The molecule has 0 aliphatic heterocycles. The van der Waals surface area contributed by atoms with Crippen molar-refractivity contribution in [2.75, 3.05) is 17.7 Å². The van der Waals surface area contributed by atoms with Gasteiger partial charge in [-0.2, -0.15) is 0 Å². The summed E-state index contributed by atoms with van der Waals surface area (Å²) in [7, 11) is 1.50. The van der Waals surface area contributed by atoms with Gasteiger partial charge in [-0.3, -0.25) is 14.4 Å². The summed E-state index contributed by atoms with van der Waals surface area (Å²) in [6.45, 7) is 3.60. The molecule has 43 heavy (non-hydrogen) atoms. The largest absolute Gasteiger partial charge is 0.495 e. The van der Waals surface area contributed by atoms with Gasteiger partial charge in [-0.1, -0.05) is 48.0 Å². The number of amides is 3. The van der Waals surface area contributed by atoms with Gasteiger partial charge in [-0.15, -0.1) is 11.8 Å². The maximum absolute atomic E-state index is 13.4. The van der Waals surface area contributed by atoms with Crippen molar-refractivity contribution in [3.05, 3.63) is 124 Å². The topological polar surface area (TPSA) is 96.5 Å². The number of methoxy groups -OCH3 is 1. The van der Waals surface area contributed by atoms with Gasteiger partial charge < -0.3 is 20.7 Å². The number of carbonyl (C=O) groups excluding carboxylic acids is 3. The van der Waals surface area contributed by atoms with Gasteiger partial charge in [0, 0.05) is 27.2 Å². The third-order valence-corrected chi connectivity index (χ3v) is 7.72. The number of thioether (sulfide) groups is 1. The molecule has 4 aromatic rings. The quantitative estimate of drug-likeness (QED) is 0.128. The van der Waals surface area contributed by atoms with Crippen LogP contribution >= 0.6 is 23.4 Å². The Hall–Kier alpha value is -4.60. The van der Waals surface area contributed by atoms with Crippen molar-refractivity contribution in [3.63, 3.8) is 0 Å². The van der Waals surface area contributed by atoms with Crippen molar-refractivity contribution in [2.45, 2.75) is 24.0 Å². The van der Waals surface area contributed by atoms with Crippen molar-refractivity contribution >= 4 is 58.5 Å². The molecule has 0 aliphatic carbocycles. The summed E-state index contributed by atoms with van der Waals surface area (Å²) in [5, 5.41) is 8.38. The van der Waals surface area contributed by atoms with Gasteiger partial charge in [0.15, 0.2) is 0 Å². The smallest absolute Gasteiger partial charge is 0.272 e. The fourth-order valence-corrected chi connectivity index (χ4v) is 5.02. The van der Waals surface area contributed by atoms with Crippen molar-refractivity contribution in [2.24, 2.45) is 0 Å². The zero-order chi connectivity index (χ0) is 30.9. The van der Waals surface area contributed by atoms with E-state index in [9.17, 15) is 18.8 Å². The lowest BCUT2D eigenvalue weighted by Gasteiger charge is -2.16. The first-order valence-corrected chi connectivity index (χ1v) is 14.5. The highest BCUT2D eigenvalue weighted by Crippen LogP contribution is 2.32. The average Bonchev–Trinajstić information content (AvgIpc) is 3.00. The highest BCUT2D eigenvalue weighted by molar-refractivity contribution is 8.00. The van der Waals surface area contributed by atoms with Gasteiger partial charge in [-0.25, -0.2) is 4.39 Å². The van der Waals surface area contributed by atoms with Gasteiger partial charge in [-0.05, 0) is 79.6 Å². The second-order valence-electron chi connectivity index (χ2n) is 9.46. The van der Waals surface area contributed by atoms with Crippen molar-refractivity contribution < 1.29 is 23.5 Å². The van der Waals surface area contributed by atoms with E-state index in [1.807, 2.05) is 13.0 Å². The summed E-state index contributed by atoms with van der Waals surface area (Å²) in [5.41, 5.74) is 2.64. The van der Waals surface area contributed by atoms with E-state index >= 15 is 0 Å². The molecule has 7 nitrogen and oxygen atoms in total. The van der Waals surface area contributed by atoms with Crippen LogP contribution in [0.25, 0.3) is 6.08 Å². The second-order valence-corrected chi connectivity index (χ2v) is 11.3. The Bertz CT molecular complexity index is 1660. The first-order valence-electron chi connectivity index (χ1n) is 13.2. The van der Waals surface area contributed by atoms with E-state index in [-0.39, 0.29) is 11.6 Å². The number of benzene rings is 4. The van der Waals surface area contributed by atoms with E-state index in [0.717, 1.165) is 10.5 Å². The lowest BCUT2D eigenvalue weighted by molar-refractivity contribution is -0.115. The third-order valence-electron chi connectivity index (χ3n) is 6.22. The number of nitrogens with one attached hydrogen (secondary N) is 3. The van der Waals surface area contributed by atoms with Gasteiger partial charge >= 0.3 is 0 Å².